The maximum atomic E-state index is 12.6. The molecule has 0 unspecified atom stereocenters. The average Bonchev–Trinajstić information content (AvgIpc) is 2.94. The van der Waals surface area contributed by atoms with E-state index in [1.54, 1.807) is 34.6 Å². The van der Waals surface area contributed by atoms with E-state index in [1.165, 1.54) is 20.5 Å². The number of rotatable bonds is 4. The summed E-state index contributed by atoms with van der Waals surface area (Å²) in [4.78, 5) is 33.7. The summed E-state index contributed by atoms with van der Waals surface area (Å²) in [5.41, 5.74) is 3.01. The lowest BCUT2D eigenvalue weighted by Crippen LogP contribution is -2.26. The maximum Gasteiger partial charge on any atom is 0.246 e. The zero-order chi connectivity index (χ0) is 21.3. The average molecular weight is 421 g/mol. The van der Waals surface area contributed by atoms with Crippen LogP contribution in [0.4, 0.5) is 5.82 Å². The molecule has 30 heavy (non-hydrogen) atoms. The summed E-state index contributed by atoms with van der Waals surface area (Å²) in [7, 11) is 3.71. The number of hydrogen-bond acceptors (Lipinski definition) is 5. The molecule has 2 aromatic heterocycles. The van der Waals surface area contributed by atoms with Gasteiger partial charge >= 0.3 is 0 Å². The normalized spacial score (nSPS) is 14.6. The van der Waals surface area contributed by atoms with Gasteiger partial charge in [-0.25, -0.2) is 4.98 Å². The summed E-state index contributed by atoms with van der Waals surface area (Å²) < 4.78 is 1.24. The quantitative estimate of drug-likeness (QED) is 0.654. The number of anilines is 1. The summed E-state index contributed by atoms with van der Waals surface area (Å²) in [6.45, 7) is 3.65. The molecule has 3 aromatic rings. The van der Waals surface area contributed by atoms with Crippen molar-refractivity contribution >= 4 is 45.1 Å². The SMILES string of the molecule is Cc1c(CN(C)C(=O)/C=C/c2cnc3c(c2)CN(C)CC(=O)N3)sc2ccccc12. The minimum atomic E-state index is -0.0691. The highest BCUT2D eigenvalue weighted by molar-refractivity contribution is 7.19. The highest BCUT2D eigenvalue weighted by Gasteiger charge is 2.17. The van der Waals surface area contributed by atoms with Gasteiger partial charge in [0.1, 0.15) is 5.82 Å². The number of thiophene rings is 1. The number of carbonyl (C=O) groups excluding carboxylic acids is 2. The molecule has 6 nitrogen and oxygen atoms in total. The van der Waals surface area contributed by atoms with Crippen LogP contribution in [-0.2, 0) is 22.7 Å². The summed E-state index contributed by atoms with van der Waals surface area (Å²) in [6, 6.07) is 10.3. The van der Waals surface area contributed by atoms with Crippen LogP contribution in [0.15, 0.2) is 42.6 Å². The first-order chi connectivity index (χ1) is 14.4. The lowest BCUT2D eigenvalue weighted by molar-refractivity contribution is -0.125. The first kappa shape index (κ1) is 20.3. The summed E-state index contributed by atoms with van der Waals surface area (Å²) in [5.74, 6) is 0.456. The molecule has 0 atom stereocenters. The van der Waals surface area contributed by atoms with Crippen LogP contribution in [0.25, 0.3) is 16.2 Å². The molecule has 0 bridgehead atoms. The van der Waals surface area contributed by atoms with Crippen LogP contribution < -0.4 is 5.32 Å². The second kappa shape index (κ2) is 8.38. The van der Waals surface area contributed by atoms with Crippen molar-refractivity contribution in [1.29, 1.82) is 0 Å². The van der Waals surface area contributed by atoms with Gasteiger partial charge in [-0.15, -0.1) is 11.3 Å². The van der Waals surface area contributed by atoms with E-state index in [9.17, 15) is 9.59 Å². The zero-order valence-electron chi connectivity index (χ0n) is 17.3. The Morgan fingerprint density at radius 3 is 2.93 bits per heavy atom. The summed E-state index contributed by atoms with van der Waals surface area (Å²) in [5, 5.41) is 4.07. The predicted molar refractivity (Wildman–Crippen MR) is 121 cm³/mol. The lowest BCUT2D eigenvalue weighted by Gasteiger charge is -2.14. The molecule has 4 rings (SSSR count). The van der Waals surface area contributed by atoms with Gasteiger partial charge < -0.3 is 10.2 Å². The predicted octanol–water partition coefficient (Wildman–Crippen LogP) is 3.66. The van der Waals surface area contributed by atoms with E-state index in [4.69, 9.17) is 0 Å². The van der Waals surface area contributed by atoms with Crippen molar-refractivity contribution in [3.63, 3.8) is 0 Å². The van der Waals surface area contributed by atoms with Gasteiger partial charge in [0.2, 0.25) is 11.8 Å². The van der Waals surface area contributed by atoms with Gasteiger partial charge in [-0.3, -0.25) is 14.5 Å². The molecule has 2 amide bonds. The highest BCUT2D eigenvalue weighted by atomic mass is 32.1. The van der Waals surface area contributed by atoms with E-state index in [-0.39, 0.29) is 11.8 Å². The van der Waals surface area contributed by atoms with Crippen LogP contribution in [-0.4, -0.2) is 47.2 Å². The Bertz CT molecular complexity index is 1150. The molecular formula is C23H24N4O2S. The second-order valence-electron chi connectivity index (χ2n) is 7.67. The Morgan fingerprint density at radius 1 is 1.33 bits per heavy atom. The largest absolute Gasteiger partial charge is 0.337 e. The van der Waals surface area contributed by atoms with Crippen LogP contribution >= 0.6 is 11.3 Å². The maximum absolute atomic E-state index is 12.6. The molecule has 0 saturated heterocycles. The molecule has 154 valence electrons. The first-order valence-corrected chi connectivity index (χ1v) is 10.6. The van der Waals surface area contributed by atoms with Crippen LogP contribution in [0.3, 0.4) is 0 Å². The van der Waals surface area contributed by atoms with E-state index in [2.05, 4.69) is 29.4 Å². The molecule has 3 heterocycles. The van der Waals surface area contributed by atoms with E-state index in [0.717, 1.165) is 11.1 Å². The molecule has 0 saturated carbocycles. The number of pyridine rings is 1. The lowest BCUT2D eigenvalue weighted by atomic mass is 10.1. The number of fused-ring (bicyclic) bond motifs is 2. The van der Waals surface area contributed by atoms with E-state index >= 15 is 0 Å². The van der Waals surface area contributed by atoms with Gasteiger partial charge in [-0.2, -0.15) is 0 Å². The Kier molecular flexibility index (Phi) is 5.65. The van der Waals surface area contributed by atoms with Gasteiger partial charge in [-0.1, -0.05) is 18.2 Å². The topological polar surface area (TPSA) is 65.5 Å². The Labute approximate surface area is 179 Å². The van der Waals surface area contributed by atoms with E-state index in [0.29, 0.717) is 25.5 Å². The van der Waals surface area contributed by atoms with Gasteiger partial charge in [-0.05, 0) is 48.7 Å². The van der Waals surface area contributed by atoms with Crippen molar-refractivity contribution < 1.29 is 9.59 Å². The van der Waals surface area contributed by atoms with Gasteiger partial charge in [0.25, 0.3) is 0 Å². The number of nitrogens with one attached hydrogen (secondary N) is 1. The molecule has 0 radical (unpaired) electrons. The Morgan fingerprint density at radius 2 is 2.13 bits per heavy atom. The summed E-state index contributed by atoms with van der Waals surface area (Å²) >= 11 is 1.73. The number of amides is 2. The Hall–Kier alpha value is -3.03. The smallest absolute Gasteiger partial charge is 0.246 e. The third-order valence-corrected chi connectivity index (χ3v) is 6.47. The fourth-order valence-electron chi connectivity index (χ4n) is 3.58. The van der Waals surface area contributed by atoms with Gasteiger partial charge in [0, 0.05) is 41.0 Å². The third-order valence-electron chi connectivity index (χ3n) is 5.22. The number of carbonyl (C=O) groups is 2. The van der Waals surface area contributed by atoms with Crippen LogP contribution in [0, 0.1) is 6.92 Å². The first-order valence-electron chi connectivity index (χ1n) is 9.78. The Balaban J connectivity index is 1.46. The highest BCUT2D eigenvalue weighted by Crippen LogP contribution is 2.31. The molecule has 0 spiro atoms. The number of aromatic nitrogens is 1. The van der Waals surface area contributed by atoms with Crippen LogP contribution in [0.5, 0.6) is 0 Å². The summed E-state index contributed by atoms with van der Waals surface area (Å²) in [6.07, 6.45) is 5.02. The number of aryl methyl sites for hydroxylation is 1. The second-order valence-corrected chi connectivity index (χ2v) is 8.81. The fraction of sp³-hybridized carbons (Fsp3) is 0.261. The molecular weight excluding hydrogens is 396 g/mol. The minimum Gasteiger partial charge on any atom is -0.337 e. The molecule has 0 fully saturated rings. The van der Waals surface area contributed by atoms with E-state index in [1.807, 2.05) is 37.2 Å². The van der Waals surface area contributed by atoms with Crippen molar-refractivity contribution in [2.45, 2.75) is 20.0 Å². The van der Waals surface area contributed by atoms with Crippen molar-refractivity contribution in [2.24, 2.45) is 0 Å². The van der Waals surface area contributed by atoms with Gasteiger partial charge in [0.15, 0.2) is 0 Å². The number of nitrogens with zero attached hydrogens (tertiary/aromatic N) is 3. The number of benzene rings is 1. The van der Waals surface area contributed by atoms with Crippen molar-refractivity contribution in [1.82, 2.24) is 14.8 Å². The fourth-order valence-corrected chi connectivity index (χ4v) is 4.84. The number of likely N-dealkylation sites (N-methyl/N-ethyl adjacent to an activating group) is 2. The molecule has 1 aliphatic heterocycles. The van der Waals surface area contributed by atoms with Crippen molar-refractivity contribution in [3.05, 3.63) is 64.2 Å². The molecule has 1 aliphatic rings. The van der Waals surface area contributed by atoms with Crippen LogP contribution in [0.1, 0.15) is 21.6 Å². The van der Waals surface area contributed by atoms with Crippen LogP contribution in [0.2, 0.25) is 0 Å². The number of hydrogen-bond donors (Lipinski definition) is 1. The van der Waals surface area contributed by atoms with Crippen molar-refractivity contribution in [3.8, 4) is 0 Å². The molecule has 7 heteroatoms. The molecule has 1 N–H and O–H groups in total. The molecule has 1 aromatic carbocycles. The minimum absolute atomic E-state index is 0.0628. The molecule has 0 aliphatic carbocycles. The monoisotopic (exact) mass is 420 g/mol. The van der Waals surface area contributed by atoms with Crippen molar-refractivity contribution in [2.75, 3.05) is 26.0 Å². The van der Waals surface area contributed by atoms with E-state index < -0.39 is 0 Å². The third kappa shape index (κ3) is 4.27. The van der Waals surface area contributed by atoms with Gasteiger partial charge in [0.05, 0.1) is 13.1 Å². The zero-order valence-corrected chi connectivity index (χ0v) is 18.1. The standard InChI is InChI=1S/C23H24N4O2S/c1-15-18-6-4-5-7-19(18)30-20(15)13-27(3)22(29)9-8-16-10-17-12-26(2)14-21(28)25-23(17)24-11-16/h4-11H,12-14H2,1-3H3,(H,24,25,28)/b9-8+.